The number of nitrogens with zero attached hydrogens (tertiary/aromatic N) is 3. The number of aromatic nitrogens is 1. The molecular weight excluding hydrogens is 314 g/mol. The number of carbonyl (C=O) groups excluding carboxylic acids is 2. The van der Waals surface area contributed by atoms with Gasteiger partial charge in [-0.25, -0.2) is 4.98 Å². The summed E-state index contributed by atoms with van der Waals surface area (Å²) in [5.41, 5.74) is 5.62. The highest BCUT2D eigenvalue weighted by atomic mass is 32.1. The molecule has 0 aromatic carbocycles. The van der Waals surface area contributed by atoms with Crippen LogP contribution in [0.1, 0.15) is 5.69 Å². The Hall–Kier alpha value is -2.69. The molecule has 0 radical (unpaired) electrons. The summed E-state index contributed by atoms with van der Waals surface area (Å²) in [6.07, 6.45) is 0. The Morgan fingerprint density at radius 1 is 1.68 bits per heavy atom. The number of nitrogen functional groups attached to an aromatic ring is 1. The molecule has 4 N–H and O–H groups in total. The average molecular weight is 327 g/mol. The number of carboxylic acids is 1. The van der Waals surface area contributed by atoms with Gasteiger partial charge in [-0.3, -0.25) is 14.4 Å². The lowest BCUT2D eigenvalue weighted by molar-refractivity contribution is -0.153. The van der Waals surface area contributed by atoms with Gasteiger partial charge in [0.15, 0.2) is 10.8 Å². The molecule has 1 aromatic heterocycles. The Labute approximate surface area is 128 Å². The van der Waals surface area contributed by atoms with Gasteiger partial charge in [0.05, 0.1) is 6.54 Å². The van der Waals surface area contributed by atoms with Crippen molar-refractivity contribution in [2.45, 2.75) is 6.04 Å². The second kappa shape index (κ2) is 6.39. The number of amides is 2. The van der Waals surface area contributed by atoms with Crippen LogP contribution in [0.4, 0.5) is 5.13 Å². The quantitative estimate of drug-likeness (QED) is 0.327. The number of hydrogen-bond donors (Lipinski definition) is 3. The second-order valence-corrected chi connectivity index (χ2v) is 5.22. The molecular formula is C11H13N5O5S. The first-order valence-electron chi connectivity index (χ1n) is 6.06. The number of anilines is 1. The molecule has 0 bridgehead atoms. The topological polar surface area (TPSA) is 147 Å². The van der Waals surface area contributed by atoms with Crippen molar-refractivity contribution in [1.82, 2.24) is 15.2 Å². The van der Waals surface area contributed by atoms with Gasteiger partial charge in [-0.05, 0) is 0 Å². The monoisotopic (exact) mass is 327 g/mol. The van der Waals surface area contributed by atoms with Crippen molar-refractivity contribution in [1.29, 1.82) is 0 Å². The molecule has 1 aromatic rings. The maximum absolute atomic E-state index is 12.1. The first-order valence-corrected chi connectivity index (χ1v) is 6.94. The number of nitrogens with two attached hydrogens (primary N) is 1. The molecule has 10 nitrogen and oxygen atoms in total. The standard InChI is InChI=1S/C11H13N5O5S/c1-21-15-8(6-4-22-11(12)14-6)9(19)13-5-2-16(10(5)20)3-7(17)18/h4-5H,2-3H2,1H3,(H2,12,14)(H,13,19)(H,17,18). The summed E-state index contributed by atoms with van der Waals surface area (Å²) in [7, 11) is 1.27. The van der Waals surface area contributed by atoms with E-state index in [1.807, 2.05) is 0 Å². The molecule has 2 heterocycles. The first-order chi connectivity index (χ1) is 10.4. The van der Waals surface area contributed by atoms with E-state index in [1.54, 1.807) is 0 Å². The van der Waals surface area contributed by atoms with Gasteiger partial charge in [0.25, 0.3) is 5.91 Å². The van der Waals surface area contributed by atoms with Crippen molar-refractivity contribution in [2.75, 3.05) is 25.9 Å². The van der Waals surface area contributed by atoms with Gasteiger partial charge in [-0.2, -0.15) is 0 Å². The van der Waals surface area contributed by atoms with E-state index in [1.165, 1.54) is 12.5 Å². The van der Waals surface area contributed by atoms with Crippen LogP contribution >= 0.6 is 11.3 Å². The molecule has 0 saturated carbocycles. The summed E-state index contributed by atoms with van der Waals surface area (Å²) in [6, 6.07) is -0.787. The molecule has 2 amide bonds. The number of carboxylic acid groups (broad SMARTS) is 1. The van der Waals surface area contributed by atoms with E-state index in [-0.39, 0.29) is 23.1 Å². The van der Waals surface area contributed by atoms with Gasteiger partial charge in [0.1, 0.15) is 25.4 Å². The highest BCUT2D eigenvalue weighted by Crippen LogP contribution is 2.14. The fraction of sp³-hybridized carbons (Fsp3) is 0.364. The number of nitrogens with one attached hydrogen (secondary N) is 1. The molecule has 1 saturated heterocycles. The SMILES string of the molecule is CON=C(C(=O)NC1CN(CC(=O)O)C1=O)c1csc(N)n1. The first kappa shape index (κ1) is 15.7. The summed E-state index contributed by atoms with van der Waals surface area (Å²) < 4.78 is 0. The van der Waals surface area contributed by atoms with Crippen molar-refractivity contribution in [3.05, 3.63) is 11.1 Å². The molecule has 1 unspecified atom stereocenters. The van der Waals surface area contributed by atoms with Crippen LogP contribution in [-0.2, 0) is 19.2 Å². The molecule has 1 fully saturated rings. The molecule has 22 heavy (non-hydrogen) atoms. The normalized spacial score (nSPS) is 17.9. The summed E-state index contributed by atoms with van der Waals surface area (Å²) >= 11 is 1.13. The highest BCUT2D eigenvalue weighted by Gasteiger charge is 2.39. The van der Waals surface area contributed by atoms with Crippen LogP contribution in [0.5, 0.6) is 0 Å². The van der Waals surface area contributed by atoms with Crippen molar-refractivity contribution in [2.24, 2.45) is 5.16 Å². The van der Waals surface area contributed by atoms with Gasteiger partial charge < -0.3 is 25.9 Å². The molecule has 2 rings (SSSR count). The fourth-order valence-corrected chi connectivity index (χ4v) is 2.38. The van der Waals surface area contributed by atoms with Crippen LogP contribution in [0.3, 0.4) is 0 Å². The zero-order valence-electron chi connectivity index (χ0n) is 11.5. The molecule has 0 aliphatic carbocycles. The Morgan fingerprint density at radius 3 is 2.91 bits per heavy atom. The molecule has 1 atom stereocenters. The average Bonchev–Trinajstić information content (AvgIpc) is 2.88. The van der Waals surface area contributed by atoms with Crippen molar-refractivity contribution in [3.8, 4) is 0 Å². The number of oxime groups is 1. The fourth-order valence-electron chi connectivity index (χ4n) is 1.83. The number of likely N-dealkylation sites (tertiary alicyclic amines) is 1. The lowest BCUT2D eigenvalue weighted by atomic mass is 10.1. The van der Waals surface area contributed by atoms with Crippen LogP contribution in [0, 0.1) is 0 Å². The van der Waals surface area contributed by atoms with Crippen molar-refractivity contribution < 1.29 is 24.3 Å². The predicted molar refractivity (Wildman–Crippen MR) is 76.2 cm³/mol. The molecule has 118 valence electrons. The van der Waals surface area contributed by atoms with Gasteiger partial charge in [0, 0.05) is 5.38 Å². The maximum atomic E-state index is 12.1. The Balaban J connectivity index is 2.00. The Kier molecular flexibility index (Phi) is 4.56. The van der Waals surface area contributed by atoms with Crippen molar-refractivity contribution in [3.63, 3.8) is 0 Å². The molecule has 1 aliphatic rings. The Bertz CT molecular complexity index is 643. The third kappa shape index (κ3) is 3.31. The van der Waals surface area contributed by atoms with Gasteiger partial charge in [-0.1, -0.05) is 5.16 Å². The van der Waals surface area contributed by atoms with Crippen LogP contribution in [-0.4, -0.2) is 64.7 Å². The molecule has 1 aliphatic heterocycles. The minimum Gasteiger partial charge on any atom is -0.480 e. The van der Waals surface area contributed by atoms with Crippen LogP contribution in [0.25, 0.3) is 0 Å². The van der Waals surface area contributed by atoms with Gasteiger partial charge in [0.2, 0.25) is 5.91 Å². The zero-order chi connectivity index (χ0) is 16.3. The molecule has 11 heteroatoms. The van der Waals surface area contributed by atoms with E-state index in [4.69, 9.17) is 10.8 Å². The minimum absolute atomic E-state index is 0.111. The van der Waals surface area contributed by atoms with Crippen LogP contribution in [0.15, 0.2) is 10.5 Å². The lowest BCUT2D eigenvalue weighted by Crippen LogP contribution is -2.65. The van der Waals surface area contributed by atoms with Crippen LogP contribution < -0.4 is 11.1 Å². The highest BCUT2D eigenvalue weighted by molar-refractivity contribution is 7.13. The summed E-state index contributed by atoms with van der Waals surface area (Å²) in [6.45, 7) is -0.275. The van der Waals surface area contributed by atoms with Crippen molar-refractivity contribution >= 4 is 40.0 Å². The van der Waals surface area contributed by atoms with E-state index in [0.717, 1.165) is 16.2 Å². The van der Waals surface area contributed by atoms with E-state index in [9.17, 15) is 14.4 Å². The maximum Gasteiger partial charge on any atom is 0.323 e. The number of thiazole rings is 1. The predicted octanol–water partition coefficient (Wildman–Crippen LogP) is -1.51. The number of aliphatic carboxylic acids is 1. The molecule has 0 spiro atoms. The number of carbonyl (C=O) groups is 3. The zero-order valence-corrected chi connectivity index (χ0v) is 12.3. The van der Waals surface area contributed by atoms with E-state index in [0.29, 0.717) is 0 Å². The third-order valence-electron chi connectivity index (χ3n) is 2.81. The minimum atomic E-state index is -1.11. The van der Waals surface area contributed by atoms with E-state index < -0.39 is 30.4 Å². The Morgan fingerprint density at radius 2 is 2.41 bits per heavy atom. The smallest absolute Gasteiger partial charge is 0.323 e. The van der Waals surface area contributed by atoms with E-state index in [2.05, 4.69) is 20.3 Å². The number of β-lactam (4-membered cyclic amide) rings is 1. The largest absolute Gasteiger partial charge is 0.480 e. The van der Waals surface area contributed by atoms with Crippen LogP contribution in [0.2, 0.25) is 0 Å². The second-order valence-electron chi connectivity index (χ2n) is 4.33. The summed E-state index contributed by atoms with van der Waals surface area (Å²) in [4.78, 5) is 44.0. The third-order valence-corrected chi connectivity index (χ3v) is 3.48. The van der Waals surface area contributed by atoms with Gasteiger partial charge in [-0.15, -0.1) is 11.3 Å². The summed E-state index contributed by atoms with van der Waals surface area (Å²) in [5.74, 6) is -2.23. The van der Waals surface area contributed by atoms with E-state index >= 15 is 0 Å². The number of rotatable bonds is 6. The lowest BCUT2D eigenvalue weighted by Gasteiger charge is -2.37. The summed E-state index contributed by atoms with van der Waals surface area (Å²) in [5, 5.41) is 16.4. The number of hydrogen-bond acceptors (Lipinski definition) is 8. The van der Waals surface area contributed by atoms with Gasteiger partial charge >= 0.3 is 5.97 Å².